The zero-order valence-electron chi connectivity index (χ0n) is 9.35. The molecule has 7 heteroatoms. The van der Waals surface area contributed by atoms with Gasteiger partial charge in [0.05, 0.1) is 15.5 Å². The number of aryl methyl sites for hydroxylation is 1. The second kappa shape index (κ2) is 5.01. The van der Waals surface area contributed by atoms with Crippen molar-refractivity contribution in [3.05, 3.63) is 33.9 Å². The summed E-state index contributed by atoms with van der Waals surface area (Å²) in [6.45, 7) is 1.99. The van der Waals surface area contributed by atoms with Crippen LogP contribution in [-0.4, -0.2) is 19.7 Å². The molecule has 0 spiro atoms. The Morgan fingerprint density at radius 2 is 2.29 bits per heavy atom. The Morgan fingerprint density at radius 3 is 2.88 bits per heavy atom. The molecule has 1 unspecified atom stereocenters. The molecule has 0 saturated carbocycles. The van der Waals surface area contributed by atoms with Crippen molar-refractivity contribution in [2.75, 3.05) is 5.32 Å². The lowest BCUT2D eigenvalue weighted by atomic mass is 10.3. The van der Waals surface area contributed by atoms with Gasteiger partial charge in [-0.15, -0.1) is 10.2 Å². The summed E-state index contributed by atoms with van der Waals surface area (Å²) >= 11 is 9.24. The second-order valence-corrected chi connectivity index (χ2v) is 4.94. The molecule has 17 heavy (non-hydrogen) atoms. The molecular formula is C10H11BrClN5. The van der Waals surface area contributed by atoms with Gasteiger partial charge >= 0.3 is 0 Å². The number of nitrogens with one attached hydrogen (secondary N) is 1. The summed E-state index contributed by atoms with van der Waals surface area (Å²) in [5.41, 5.74) is 0. The molecule has 0 bridgehead atoms. The molecule has 1 atom stereocenters. The number of hydrogen-bond donors (Lipinski definition) is 1. The molecule has 0 saturated heterocycles. The quantitative estimate of drug-likeness (QED) is 0.946. The van der Waals surface area contributed by atoms with E-state index in [9.17, 15) is 0 Å². The van der Waals surface area contributed by atoms with Gasteiger partial charge in [0.15, 0.2) is 5.82 Å². The van der Waals surface area contributed by atoms with E-state index in [0.29, 0.717) is 5.02 Å². The minimum Gasteiger partial charge on any atom is -0.359 e. The Labute approximate surface area is 112 Å². The SMILES string of the molecule is CC(Nc1ncc(Cl)cc1Br)c1nncn1C. The Bertz CT molecular complexity index is 527. The molecule has 0 fully saturated rings. The second-order valence-electron chi connectivity index (χ2n) is 3.65. The fourth-order valence-corrected chi connectivity index (χ4v) is 2.23. The maximum atomic E-state index is 5.83. The molecule has 0 aromatic carbocycles. The minimum atomic E-state index is 0.00692. The first-order valence-electron chi connectivity index (χ1n) is 4.99. The van der Waals surface area contributed by atoms with Crippen molar-refractivity contribution in [1.29, 1.82) is 0 Å². The highest BCUT2D eigenvalue weighted by molar-refractivity contribution is 9.10. The summed E-state index contributed by atoms with van der Waals surface area (Å²) < 4.78 is 2.68. The Morgan fingerprint density at radius 1 is 1.53 bits per heavy atom. The van der Waals surface area contributed by atoms with Gasteiger partial charge in [0, 0.05) is 13.2 Å². The number of pyridine rings is 1. The van der Waals surface area contributed by atoms with E-state index in [1.54, 1.807) is 18.6 Å². The van der Waals surface area contributed by atoms with Gasteiger partial charge in [-0.1, -0.05) is 11.6 Å². The van der Waals surface area contributed by atoms with Crippen LogP contribution < -0.4 is 5.32 Å². The van der Waals surface area contributed by atoms with Crippen LogP contribution in [0.5, 0.6) is 0 Å². The van der Waals surface area contributed by atoms with Gasteiger partial charge in [-0.3, -0.25) is 0 Å². The highest BCUT2D eigenvalue weighted by Gasteiger charge is 2.13. The largest absolute Gasteiger partial charge is 0.359 e. The van der Waals surface area contributed by atoms with Crippen LogP contribution in [0.25, 0.3) is 0 Å². The molecule has 0 aliphatic heterocycles. The van der Waals surface area contributed by atoms with E-state index in [-0.39, 0.29) is 6.04 Å². The fraction of sp³-hybridized carbons (Fsp3) is 0.300. The van der Waals surface area contributed by atoms with Crippen molar-refractivity contribution in [3.63, 3.8) is 0 Å². The predicted molar refractivity (Wildman–Crippen MR) is 70.0 cm³/mol. The number of hydrogen-bond acceptors (Lipinski definition) is 4. The van der Waals surface area contributed by atoms with Gasteiger partial charge < -0.3 is 9.88 Å². The van der Waals surface area contributed by atoms with E-state index in [1.807, 2.05) is 18.5 Å². The molecular weight excluding hydrogens is 306 g/mol. The van der Waals surface area contributed by atoms with Gasteiger partial charge in [0.2, 0.25) is 0 Å². The van der Waals surface area contributed by atoms with Gasteiger partial charge in [0.25, 0.3) is 0 Å². The summed E-state index contributed by atoms with van der Waals surface area (Å²) in [5.74, 6) is 1.57. The molecule has 1 N–H and O–H groups in total. The monoisotopic (exact) mass is 315 g/mol. The molecule has 0 radical (unpaired) electrons. The van der Waals surface area contributed by atoms with Crippen LogP contribution in [0.3, 0.4) is 0 Å². The third-order valence-corrected chi connectivity index (χ3v) is 3.11. The maximum Gasteiger partial charge on any atom is 0.154 e. The average molecular weight is 317 g/mol. The van der Waals surface area contributed by atoms with E-state index < -0.39 is 0 Å². The molecule has 2 aromatic rings. The molecule has 90 valence electrons. The third kappa shape index (κ3) is 2.76. The summed E-state index contributed by atoms with van der Waals surface area (Å²) in [5, 5.41) is 11.7. The van der Waals surface area contributed by atoms with Crippen molar-refractivity contribution in [2.45, 2.75) is 13.0 Å². The van der Waals surface area contributed by atoms with Crippen LogP contribution in [0.15, 0.2) is 23.1 Å². The topological polar surface area (TPSA) is 55.6 Å². The number of aromatic nitrogens is 4. The highest BCUT2D eigenvalue weighted by Crippen LogP contribution is 2.26. The normalized spacial score (nSPS) is 12.5. The van der Waals surface area contributed by atoms with Crippen LogP contribution in [0, 0.1) is 0 Å². The van der Waals surface area contributed by atoms with Crippen molar-refractivity contribution in [3.8, 4) is 0 Å². The molecule has 2 heterocycles. The summed E-state index contributed by atoms with van der Waals surface area (Å²) in [4.78, 5) is 4.21. The van der Waals surface area contributed by atoms with Crippen LogP contribution in [0.1, 0.15) is 18.8 Å². The van der Waals surface area contributed by atoms with Crippen LogP contribution in [0.4, 0.5) is 5.82 Å². The Balaban J connectivity index is 2.19. The summed E-state index contributed by atoms with van der Waals surface area (Å²) in [7, 11) is 1.90. The first-order valence-corrected chi connectivity index (χ1v) is 6.16. The average Bonchev–Trinajstić information content (AvgIpc) is 2.68. The standard InChI is InChI=1S/C10H11BrClN5/c1-6(10-16-14-5-17(10)2)15-9-8(11)3-7(12)4-13-9/h3-6H,1-2H3,(H,13,15). The highest BCUT2D eigenvalue weighted by atomic mass is 79.9. The molecule has 0 aliphatic rings. The van der Waals surface area contributed by atoms with E-state index in [4.69, 9.17) is 11.6 Å². The van der Waals surface area contributed by atoms with Crippen molar-refractivity contribution in [2.24, 2.45) is 7.05 Å². The Hall–Kier alpha value is -1.14. The van der Waals surface area contributed by atoms with Gasteiger partial charge in [-0.05, 0) is 28.9 Å². The Kier molecular flexibility index (Phi) is 3.63. The summed E-state index contributed by atoms with van der Waals surface area (Å²) in [6.07, 6.45) is 3.26. The zero-order chi connectivity index (χ0) is 12.4. The zero-order valence-corrected chi connectivity index (χ0v) is 11.7. The molecule has 2 aromatic heterocycles. The number of anilines is 1. The lowest BCUT2D eigenvalue weighted by Gasteiger charge is -2.14. The minimum absolute atomic E-state index is 0.00692. The van der Waals surface area contributed by atoms with Gasteiger partial charge in [0.1, 0.15) is 12.1 Å². The van der Waals surface area contributed by atoms with E-state index in [0.717, 1.165) is 16.1 Å². The van der Waals surface area contributed by atoms with Crippen LogP contribution >= 0.6 is 27.5 Å². The van der Waals surface area contributed by atoms with Gasteiger partial charge in [-0.2, -0.15) is 0 Å². The fourth-order valence-electron chi connectivity index (χ4n) is 1.47. The lowest BCUT2D eigenvalue weighted by Crippen LogP contribution is -2.13. The lowest BCUT2D eigenvalue weighted by molar-refractivity contribution is 0.716. The maximum absolute atomic E-state index is 5.83. The first-order chi connectivity index (χ1) is 8.08. The summed E-state index contributed by atoms with van der Waals surface area (Å²) in [6, 6.07) is 1.80. The smallest absolute Gasteiger partial charge is 0.154 e. The van der Waals surface area contributed by atoms with Crippen molar-refractivity contribution in [1.82, 2.24) is 19.7 Å². The molecule has 2 rings (SSSR count). The van der Waals surface area contributed by atoms with Crippen LogP contribution in [-0.2, 0) is 7.05 Å². The predicted octanol–water partition coefficient (Wildman–Crippen LogP) is 2.80. The van der Waals surface area contributed by atoms with Crippen molar-refractivity contribution < 1.29 is 0 Å². The van der Waals surface area contributed by atoms with E-state index in [1.165, 1.54) is 0 Å². The van der Waals surface area contributed by atoms with E-state index in [2.05, 4.69) is 36.4 Å². The number of nitrogens with zero attached hydrogens (tertiary/aromatic N) is 4. The molecule has 5 nitrogen and oxygen atoms in total. The third-order valence-electron chi connectivity index (χ3n) is 2.29. The number of halogens is 2. The molecule has 0 amide bonds. The first kappa shape index (κ1) is 12.3. The van der Waals surface area contributed by atoms with Gasteiger partial charge in [-0.25, -0.2) is 4.98 Å². The molecule has 0 aliphatic carbocycles. The van der Waals surface area contributed by atoms with Crippen LogP contribution in [0.2, 0.25) is 5.02 Å². The van der Waals surface area contributed by atoms with E-state index >= 15 is 0 Å². The number of rotatable bonds is 3. The van der Waals surface area contributed by atoms with Crippen molar-refractivity contribution >= 4 is 33.3 Å².